The zero-order chi connectivity index (χ0) is 14.0. The van der Waals surface area contributed by atoms with E-state index in [1.807, 2.05) is 0 Å². The average Bonchev–Trinajstić information content (AvgIpc) is 2.74. The maximum atomic E-state index is 12.0. The molecule has 1 atom stereocenters. The second-order valence-electron chi connectivity index (χ2n) is 5.16. The van der Waals surface area contributed by atoms with Crippen LogP contribution in [-0.4, -0.2) is 38.8 Å². The van der Waals surface area contributed by atoms with E-state index in [1.54, 1.807) is 38.1 Å². The summed E-state index contributed by atoms with van der Waals surface area (Å²) >= 11 is 0. The molecular formula is C13H20N2O3S. The van der Waals surface area contributed by atoms with E-state index in [0.29, 0.717) is 6.54 Å². The second kappa shape index (κ2) is 5.48. The first-order chi connectivity index (χ1) is 8.88. The standard InChI is InChI=1S/C13H20N2O3S/c1-10(2)14-19(17,18)13-5-3-11(4-6-13)15-8-7-12(16)9-15/h3-6,10,12,14,16H,7-9H2,1-2H3. The molecule has 5 nitrogen and oxygen atoms in total. The smallest absolute Gasteiger partial charge is 0.240 e. The van der Waals surface area contributed by atoms with Crippen molar-refractivity contribution in [3.63, 3.8) is 0 Å². The monoisotopic (exact) mass is 284 g/mol. The van der Waals surface area contributed by atoms with E-state index >= 15 is 0 Å². The van der Waals surface area contributed by atoms with Crippen molar-refractivity contribution in [1.82, 2.24) is 4.72 Å². The van der Waals surface area contributed by atoms with Crippen LogP contribution in [0, 0.1) is 0 Å². The van der Waals surface area contributed by atoms with E-state index in [4.69, 9.17) is 0 Å². The molecule has 6 heteroatoms. The molecule has 2 rings (SSSR count). The Balaban J connectivity index is 2.14. The van der Waals surface area contributed by atoms with Crippen LogP contribution in [0.4, 0.5) is 5.69 Å². The molecule has 1 aliphatic rings. The van der Waals surface area contributed by atoms with Crippen LogP contribution in [0.1, 0.15) is 20.3 Å². The van der Waals surface area contributed by atoms with E-state index in [9.17, 15) is 13.5 Å². The summed E-state index contributed by atoms with van der Waals surface area (Å²) in [6.07, 6.45) is 0.473. The highest BCUT2D eigenvalue weighted by Gasteiger charge is 2.21. The quantitative estimate of drug-likeness (QED) is 0.863. The molecule has 19 heavy (non-hydrogen) atoms. The number of β-amino-alcohol motifs (C(OH)–C–C–N with tert-alkyl or cyclic N) is 1. The molecule has 0 radical (unpaired) electrons. The van der Waals surface area contributed by atoms with Crippen molar-refractivity contribution in [1.29, 1.82) is 0 Å². The van der Waals surface area contributed by atoms with E-state index < -0.39 is 10.0 Å². The van der Waals surface area contributed by atoms with Crippen LogP contribution in [0.2, 0.25) is 0 Å². The molecule has 1 saturated heterocycles. The van der Waals surface area contributed by atoms with Gasteiger partial charge < -0.3 is 10.0 Å². The van der Waals surface area contributed by atoms with E-state index in [1.165, 1.54) is 0 Å². The van der Waals surface area contributed by atoms with Gasteiger partial charge >= 0.3 is 0 Å². The Labute approximate surface area is 114 Å². The van der Waals surface area contributed by atoms with E-state index in [-0.39, 0.29) is 17.0 Å². The van der Waals surface area contributed by atoms with E-state index in [2.05, 4.69) is 9.62 Å². The van der Waals surface area contributed by atoms with Crippen LogP contribution >= 0.6 is 0 Å². The number of nitrogens with one attached hydrogen (secondary N) is 1. The van der Waals surface area contributed by atoms with E-state index in [0.717, 1.165) is 18.7 Å². The lowest BCUT2D eigenvalue weighted by atomic mass is 10.3. The number of nitrogens with zero attached hydrogens (tertiary/aromatic N) is 1. The number of benzene rings is 1. The van der Waals surface area contributed by atoms with Gasteiger partial charge in [-0.2, -0.15) is 0 Å². The summed E-state index contributed by atoms with van der Waals surface area (Å²) in [6, 6.07) is 6.65. The Morgan fingerprint density at radius 3 is 2.42 bits per heavy atom. The number of aliphatic hydroxyl groups is 1. The molecule has 1 fully saturated rings. The lowest BCUT2D eigenvalue weighted by Gasteiger charge is -2.18. The molecule has 0 spiro atoms. The van der Waals surface area contributed by atoms with Gasteiger partial charge in [0.1, 0.15) is 0 Å². The van der Waals surface area contributed by atoms with Gasteiger partial charge in [-0.1, -0.05) is 0 Å². The Bertz CT molecular complexity index is 525. The third-order valence-electron chi connectivity index (χ3n) is 3.07. The molecule has 1 heterocycles. The largest absolute Gasteiger partial charge is 0.391 e. The second-order valence-corrected chi connectivity index (χ2v) is 6.87. The average molecular weight is 284 g/mol. The van der Waals surface area contributed by atoms with Crippen molar-refractivity contribution in [3.05, 3.63) is 24.3 Å². The molecular weight excluding hydrogens is 264 g/mol. The molecule has 0 amide bonds. The Hall–Kier alpha value is -1.11. The molecule has 1 aromatic carbocycles. The lowest BCUT2D eigenvalue weighted by molar-refractivity contribution is 0.198. The summed E-state index contributed by atoms with van der Waals surface area (Å²) in [5, 5.41) is 9.50. The SMILES string of the molecule is CC(C)NS(=O)(=O)c1ccc(N2CCC(O)C2)cc1. The molecule has 0 aromatic heterocycles. The number of rotatable bonds is 4. The molecule has 0 bridgehead atoms. The highest BCUT2D eigenvalue weighted by molar-refractivity contribution is 7.89. The van der Waals surface area contributed by atoms with Gasteiger partial charge in [0, 0.05) is 24.8 Å². The highest BCUT2D eigenvalue weighted by atomic mass is 32.2. The predicted molar refractivity (Wildman–Crippen MR) is 74.7 cm³/mol. The van der Waals surface area contributed by atoms with Crippen molar-refractivity contribution in [2.24, 2.45) is 0 Å². The van der Waals surface area contributed by atoms with Gasteiger partial charge in [-0.15, -0.1) is 0 Å². The van der Waals surface area contributed by atoms with Gasteiger partial charge in [0.25, 0.3) is 0 Å². The van der Waals surface area contributed by atoms with Crippen LogP contribution < -0.4 is 9.62 Å². The van der Waals surface area contributed by atoms with Gasteiger partial charge in [0.15, 0.2) is 0 Å². The minimum absolute atomic E-state index is 0.126. The number of hydrogen-bond acceptors (Lipinski definition) is 4. The minimum Gasteiger partial charge on any atom is -0.391 e. The van der Waals surface area contributed by atoms with Crippen molar-refractivity contribution in [3.8, 4) is 0 Å². The predicted octanol–water partition coefficient (Wildman–Crippen LogP) is 0.944. The molecule has 0 aliphatic carbocycles. The zero-order valence-corrected chi connectivity index (χ0v) is 12.0. The van der Waals surface area contributed by atoms with Crippen molar-refractivity contribution in [2.75, 3.05) is 18.0 Å². The summed E-state index contributed by atoms with van der Waals surface area (Å²) in [4.78, 5) is 2.32. The summed E-state index contributed by atoms with van der Waals surface area (Å²) in [6.45, 7) is 4.99. The minimum atomic E-state index is -3.43. The highest BCUT2D eigenvalue weighted by Crippen LogP contribution is 2.22. The number of aliphatic hydroxyl groups excluding tert-OH is 1. The van der Waals surface area contributed by atoms with Crippen molar-refractivity contribution < 1.29 is 13.5 Å². The number of sulfonamides is 1. The first-order valence-electron chi connectivity index (χ1n) is 6.44. The fourth-order valence-corrected chi connectivity index (χ4v) is 3.44. The number of anilines is 1. The van der Waals surface area contributed by atoms with Gasteiger partial charge in [-0.05, 0) is 44.5 Å². The third-order valence-corrected chi connectivity index (χ3v) is 4.74. The van der Waals surface area contributed by atoms with Crippen LogP contribution in [0.15, 0.2) is 29.2 Å². The molecule has 2 N–H and O–H groups in total. The lowest BCUT2D eigenvalue weighted by Crippen LogP contribution is -2.30. The van der Waals surface area contributed by atoms with Gasteiger partial charge in [-0.3, -0.25) is 0 Å². The first kappa shape index (κ1) is 14.3. The fraction of sp³-hybridized carbons (Fsp3) is 0.538. The molecule has 1 aromatic rings. The third kappa shape index (κ3) is 3.46. The van der Waals surface area contributed by atoms with Crippen LogP contribution in [0.3, 0.4) is 0 Å². The van der Waals surface area contributed by atoms with Crippen molar-refractivity contribution in [2.45, 2.75) is 37.3 Å². The van der Waals surface area contributed by atoms with Crippen LogP contribution in [0.25, 0.3) is 0 Å². The maximum absolute atomic E-state index is 12.0. The molecule has 0 saturated carbocycles. The molecule has 1 unspecified atom stereocenters. The zero-order valence-electron chi connectivity index (χ0n) is 11.2. The summed E-state index contributed by atoms with van der Waals surface area (Å²) in [5.41, 5.74) is 0.944. The normalized spacial score (nSPS) is 20.2. The maximum Gasteiger partial charge on any atom is 0.240 e. The topological polar surface area (TPSA) is 69.6 Å². The van der Waals surface area contributed by atoms with Gasteiger partial charge in [0.2, 0.25) is 10.0 Å². The number of hydrogen-bond donors (Lipinski definition) is 2. The summed E-state index contributed by atoms with van der Waals surface area (Å²) in [7, 11) is -3.43. The molecule has 106 valence electrons. The van der Waals surface area contributed by atoms with Crippen LogP contribution in [-0.2, 0) is 10.0 Å². The van der Waals surface area contributed by atoms with Gasteiger partial charge in [0.05, 0.1) is 11.0 Å². The van der Waals surface area contributed by atoms with Crippen molar-refractivity contribution >= 4 is 15.7 Å². The molecule has 1 aliphatic heterocycles. The van der Waals surface area contributed by atoms with Crippen LogP contribution in [0.5, 0.6) is 0 Å². The van der Waals surface area contributed by atoms with Gasteiger partial charge in [-0.25, -0.2) is 13.1 Å². The summed E-state index contributed by atoms with van der Waals surface area (Å²) in [5.74, 6) is 0. The fourth-order valence-electron chi connectivity index (χ4n) is 2.19. The summed E-state index contributed by atoms with van der Waals surface area (Å²) < 4.78 is 26.5. The Morgan fingerprint density at radius 1 is 1.32 bits per heavy atom. The Kier molecular flexibility index (Phi) is 4.13. The first-order valence-corrected chi connectivity index (χ1v) is 7.92. The Morgan fingerprint density at radius 2 is 1.95 bits per heavy atom.